The monoisotopic (exact) mass is 412 g/mol. The molecule has 0 aliphatic rings. The molecule has 0 aliphatic carbocycles. The first-order valence-electron chi connectivity index (χ1n) is 5.26. The number of anilines is 1. The number of carbonyl (C=O) groups excluding carboxylic acids is 1. The molecule has 0 saturated heterocycles. The molecule has 0 saturated carbocycles. The zero-order chi connectivity index (χ0) is 15.3. The second-order valence-corrected chi connectivity index (χ2v) is 5.31. The van der Waals surface area contributed by atoms with Gasteiger partial charge in [-0.1, -0.05) is 11.6 Å². The normalized spacial score (nSPS) is 11.5. The molecule has 108 valence electrons. The third-order valence-electron chi connectivity index (χ3n) is 2.16. The fourth-order valence-electron chi connectivity index (χ4n) is 1.28. The summed E-state index contributed by atoms with van der Waals surface area (Å²) in [4.78, 5) is 32.9. The van der Waals surface area contributed by atoms with E-state index in [-0.39, 0.29) is 0 Å². The van der Waals surface area contributed by atoms with Crippen LogP contribution in [-0.4, -0.2) is 34.2 Å². The molecule has 1 aromatic carbocycles. The van der Waals surface area contributed by atoms with Gasteiger partial charge in [-0.25, -0.2) is 9.59 Å². The largest absolute Gasteiger partial charge is 0.481 e. The molecule has 0 radical (unpaired) electrons. The number of hydrogen-bond donors (Lipinski definition) is 4. The highest BCUT2D eigenvalue weighted by atomic mass is 127. The van der Waals surface area contributed by atoms with E-state index in [0.717, 1.165) is 0 Å². The number of aliphatic carboxylic acids is 2. The average molecular weight is 413 g/mol. The second-order valence-electron chi connectivity index (χ2n) is 3.71. The number of rotatable bonds is 5. The molecule has 7 nitrogen and oxygen atoms in total. The van der Waals surface area contributed by atoms with Gasteiger partial charge in [0.25, 0.3) is 0 Å². The number of amides is 2. The molecule has 4 N–H and O–H groups in total. The Balaban J connectivity index is 2.70. The van der Waals surface area contributed by atoms with Crippen molar-refractivity contribution >= 4 is 57.8 Å². The summed E-state index contributed by atoms with van der Waals surface area (Å²) in [5.74, 6) is -2.74. The van der Waals surface area contributed by atoms with E-state index in [2.05, 4.69) is 10.6 Å². The minimum absolute atomic E-state index is 0.437. The number of hydrogen-bond acceptors (Lipinski definition) is 3. The lowest BCUT2D eigenvalue weighted by Gasteiger charge is -2.14. The second kappa shape index (κ2) is 7.29. The maximum atomic E-state index is 11.6. The third kappa shape index (κ3) is 5.21. The molecule has 20 heavy (non-hydrogen) atoms. The van der Waals surface area contributed by atoms with E-state index < -0.39 is 30.4 Å². The van der Waals surface area contributed by atoms with E-state index in [9.17, 15) is 14.4 Å². The van der Waals surface area contributed by atoms with Gasteiger partial charge in [-0.05, 0) is 40.8 Å². The third-order valence-corrected chi connectivity index (χ3v) is 3.29. The Morgan fingerprint density at radius 2 is 1.95 bits per heavy atom. The van der Waals surface area contributed by atoms with Gasteiger partial charge in [0.1, 0.15) is 6.04 Å². The van der Waals surface area contributed by atoms with Crippen molar-refractivity contribution in [2.24, 2.45) is 0 Å². The molecule has 0 spiro atoms. The molecular weight excluding hydrogens is 402 g/mol. The van der Waals surface area contributed by atoms with E-state index in [4.69, 9.17) is 21.8 Å². The van der Waals surface area contributed by atoms with E-state index >= 15 is 0 Å². The Kier molecular flexibility index (Phi) is 6.02. The lowest BCUT2D eigenvalue weighted by molar-refractivity contribution is -0.145. The molecule has 1 rings (SSSR count). The van der Waals surface area contributed by atoms with Crippen LogP contribution in [0.15, 0.2) is 18.2 Å². The standard InChI is InChI=1S/C11H10ClIN2O5/c12-5-1-2-7(6(13)3-5)14-11(20)15-8(10(18)19)4-9(16)17/h1-3,8H,4H2,(H,16,17)(H,18,19)(H2,14,15,20)/t8-/m1/s1. The van der Waals surface area contributed by atoms with Crippen molar-refractivity contribution in [2.45, 2.75) is 12.5 Å². The molecule has 0 bridgehead atoms. The topological polar surface area (TPSA) is 116 Å². The Bertz CT molecular complexity index is 552. The van der Waals surface area contributed by atoms with Gasteiger partial charge >= 0.3 is 18.0 Å². The molecule has 0 unspecified atom stereocenters. The van der Waals surface area contributed by atoms with Crippen LogP contribution >= 0.6 is 34.2 Å². The SMILES string of the molecule is O=C(O)C[C@@H](NC(=O)Nc1ccc(Cl)cc1I)C(=O)O. The summed E-state index contributed by atoms with van der Waals surface area (Å²) < 4.78 is 0.662. The van der Waals surface area contributed by atoms with E-state index in [1.54, 1.807) is 18.2 Å². The summed E-state index contributed by atoms with van der Waals surface area (Å²) in [7, 11) is 0. The van der Waals surface area contributed by atoms with Gasteiger partial charge in [-0.2, -0.15) is 0 Å². The van der Waals surface area contributed by atoms with Crippen LogP contribution in [0.2, 0.25) is 5.02 Å². The van der Waals surface area contributed by atoms with Crippen LogP contribution in [0.4, 0.5) is 10.5 Å². The first-order chi connectivity index (χ1) is 9.29. The average Bonchev–Trinajstić information content (AvgIpc) is 2.31. The van der Waals surface area contributed by atoms with Crippen LogP contribution in [0.25, 0.3) is 0 Å². The zero-order valence-electron chi connectivity index (χ0n) is 9.89. The Morgan fingerprint density at radius 3 is 2.45 bits per heavy atom. The number of nitrogens with one attached hydrogen (secondary N) is 2. The van der Waals surface area contributed by atoms with Gasteiger partial charge < -0.3 is 20.8 Å². The van der Waals surface area contributed by atoms with Crippen LogP contribution in [0.3, 0.4) is 0 Å². The van der Waals surface area contributed by atoms with Crippen molar-refractivity contribution in [3.63, 3.8) is 0 Å². The number of carbonyl (C=O) groups is 3. The van der Waals surface area contributed by atoms with Crippen molar-refractivity contribution in [3.8, 4) is 0 Å². The fraction of sp³-hybridized carbons (Fsp3) is 0.182. The molecule has 1 atom stereocenters. The number of carboxylic acids is 2. The first kappa shape index (κ1) is 16.5. The summed E-state index contributed by atoms with van der Waals surface area (Å²) in [6, 6.07) is 2.42. The highest BCUT2D eigenvalue weighted by Crippen LogP contribution is 2.22. The smallest absolute Gasteiger partial charge is 0.326 e. The van der Waals surface area contributed by atoms with E-state index in [1.807, 2.05) is 22.6 Å². The van der Waals surface area contributed by atoms with Gasteiger partial charge in [0.05, 0.1) is 12.1 Å². The summed E-state index contributed by atoms with van der Waals surface area (Å²) in [5.41, 5.74) is 0.437. The number of urea groups is 1. The van der Waals surface area contributed by atoms with Gasteiger partial charge in [0, 0.05) is 8.59 Å². The van der Waals surface area contributed by atoms with Crippen LogP contribution in [0.5, 0.6) is 0 Å². The highest BCUT2D eigenvalue weighted by molar-refractivity contribution is 14.1. The van der Waals surface area contributed by atoms with Crippen molar-refractivity contribution in [1.29, 1.82) is 0 Å². The summed E-state index contributed by atoms with van der Waals surface area (Å²) in [6.07, 6.45) is -0.708. The number of benzene rings is 1. The van der Waals surface area contributed by atoms with Gasteiger partial charge in [0.15, 0.2) is 0 Å². The predicted molar refractivity (Wildman–Crippen MR) is 80.0 cm³/mol. The van der Waals surface area contributed by atoms with Crippen LogP contribution in [0.1, 0.15) is 6.42 Å². The lowest BCUT2D eigenvalue weighted by atomic mass is 10.2. The van der Waals surface area contributed by atoms with Crippen LogP contribution in [0, 0.1) is 3.57 Å². The quantitative estimate of drug-likeness (QED) is 0.552. The molecule has 0 heterocycles. The van der Waals surface area contributed by atoms with Crippen LogP contribution < -0.4 is 10.6 Å². The minimum Gasteiger partial charge on any atom is -0.481 e. The summed E-state index contributed by atoms with van der Waals surface area (Å²) in [6.45, 7) is 0. The molecule has 0 aromatic heterocycles. The molecular formula is C11H10ClIN2O5. The molecule has 1 aromatic rings. The predicted octanol–water partition coefficient (Wildman–Crippen LogP) is 1.99. The molecule has 2 amide bonds. The van der Waals surface area contributed by atoms with Crippen molar-refractivity contribution in [3.05, 3.63) is 26.8 Å². The fourth-order valence-corrected chi connectivity index (χ4v) is 2.29. The van der Waals surface area contributed by atoms with E-state index in [0.29, 0.717) is 14.3 Å². The highest BCUT2D eigenvalue weighted by Gasteiger charge is 2.23. The summed E-state index contributed by atoms with van der Waals surface area (Å²) in [5, 5.41) is 22.4. The molecule has 0 fully saturated rings. The minimum atomic E-state index is -1.50. The number of carboxylic acid groups (broad SMARTS) is 2. The van der Waals surface area contributed by atoms with Gasteiger partial charge in [-0.15, -0.1) is 0 Å². The van der Waals surface area contributed by atoms with Gasteiger partial charge in [-0.3, -0.25) is 4.79 Å². The molecule has 9 heteroatoms. The Labute approximate surface area is 132 Å². The lowest BCUT2D eigenvalue weighted by Crippen LogP contribution is -2.44. The van der Waals surface area contributed by atoms with Crippen molar-refractivity contribution in [2.75, 3.05) is 5.32 Å². The maximum Gasteiger partial charge on any atom is 0.326 e. The number of halogens is 2. The molecule has 0 aliphatic heterocycles. The van der Waals surface area contributed by atoms with Crippen molar-refractivity contribution in [1.82, 2.24) is 5.32 Å². The Hall–Kier alpha value is -1.55. The Morgan fingerprint density at radius 1 is 1.30 bits per heavy atom. The van der Waals surface area contributed by atoms with Crippen molar-refractivity contribution < 1.29 is 24.6 Å². The van der Waals surface area contributed by atoms with Crippen LogP contribution in [-0.2, 0) is 9.59 Å². The summed E-state index contributed by atoms with van der Waals surface area (Å²) >= 11 is 7.71. The maximum absolute atomic E-state index is 11.6. The first-order valence-corrected chi connectivity index (χ1v) is 6.72. The van der Waals surface area contributed by atoms with E-state index in [1.165, 1.54) is 0 Å². The van der Waals surface area contributed by atoms with Gasteiger partial charge in [0.2, 0.25) is 0 Å². The zero-order valence-corrected chi connectivity index (χ0v) is 12.8.